The van der Waals surface area contributed by atoms with Crippen LogP contribution in [0.25, 0.3) is 0 Å². The molecule has 6 nitrogen and oxygen atoms in total. The van der Waals surface area contributed by atoms with Gasteiger partial charge in [0.25, 0.3) is 16.0 Å². The number of nitrogens with zero attached hydrogens (tertiary/aromatic N) is 1. The van der Waals surface area contributed by atoms with Crippen LogP contribution in [-0.4, -0.2) is 42.9 Å². The molecule has 2 aromatic rings. The van der Waals surface area contributed by atoms with Gasteiger partial charge in [-0.3, -0.25) is 14.2 Å². The number of rotatable bonds is 4. The molecule has 154 valence electrons. The van der Waals surface area contributed by atoms with Gasteiger partial charge in [0.1, 0.15) is 0 Å². The summed E-state index contributed by atoms with van der Waals surface area (Å²) in [5.41, 5.74) is 2.28. The predicted octanol–water partition coefficient (Wildman–Crippen LogP) is 3.46. The largest absolute Gasteiger partial charge is 0.347 e. The molecule has 4 rings (SSSR count). The van der Waals surface area contributed by atoms with Gasteiger partial charge in [-0.05, 0) is 79.8 Å². The summed E-state index contributed by atoms with van der Waals surface area (Å²) in [6.45, 7) is 3.75. The number of benzene rings is 2. The fourth-order valence-corrected chi connectivity index (χ4v) is 5.19. The van der Waals surface area contributed by atoms with Gasteiger partial charge in [0.2, 0.25) is 0 Å². The second-order valence-corrected chi connectivity index (χ2v) is 9.77. The molecule has 0 aromatic heterocycles. The van der Waals surface area contributed by atoms with Gasteiger partial charge in [-0.25, -0.2) is 0 Å². The van der Waals surface area contributed by atoms with E-state index in [0.717, 1.165) is 37.1 Å². The van der Waals surface area contributed by atoms with Gasteiger partial charge in [0, 0.05) is 23.2 Å². The number of nitrogens with one attached hydrogen (secondary N) is 1. The van der Waals surface area contributed by atoms with Crippen molar-refractivity contribution in [2.24, 2.45) is 5.92 Å². The summed E-state index contributed by atoms with van der Waals surface area (Å²) in [5, 5.41) is 3.72. The Labute approximate surface area is 175 Å². The highest BCUT2D eigenvalue weighted by molar-refractivity contribution is 7.85. The lowest BCUT2D eigenvalue weighted by Gasteiger charge is -2.40. The van der Waals surface area contributed by atoms with E-state index < -0.39 is 10.1 Å². The van der Waals surface area contributed by atoms with Gasteiger partial charge in [-0.2, -0.15) is 8.42 Å². The Morgan fingerprint density at radius 3 is 2.62 bits per heavy atom. The number of hydrogen-bond acceptors (Lipinski definition) is 4. The lowest BCUT2D eigenvalue weighted by Crippen LogP contribution is -2.49. The molecule has 0 saturated carbocycles. The highest BCUT2D eigenvalue weighted by atomic mass is 35.5. The van der Waals surface area contributed by atoms with Gasteiger partial charge in [-0.15, -0.1) is 0 Å². The number of fused-ring (bicyclic) bond motifs is 2. The second-order valence-electron chi connectivity index (χ2n) is 7.91. The Bertz CT molecular complexity index is 1040. The molecule has 1 amide bonds. The summed E-state index contributed by atoms with van der Waals surface area (Å²) in [7, 11) is -4.30. The Morgan fingerprint density at radius 1 is 1.21 bits per heavy atom. The van der Waals surface area contributed by atoms with Gasteiger partial charge >= 0.3 is 0 Å². The van der Waals surface area contributed by atoms with E-state index in [1.54, 1.807) is 30.3 Å². The summed E-state index contributed by atoms with van der Waals surface area (Å²) in [6, 6.07) is 11.1. The van der Waals surface area contributed by atoms with E-state index in [1.165, 1.54) is 12.1 Å². The maximum Gasteiger partial charge on any atom is 0.294 e. The van der Waals surface area contributed by atoms with Crippen molar-refractivity contribution in [3.63, 3.8) is 0 Å². The minimum Gasteiger partial charge on any atom is -0.347 e. The van der Waals surface area contributed by atoms with E-state index in [1.807, 2.05) is 6.92 Å². The molecule has 0 aliphatic carbocycles. The number of carbonyl (C=O) groups excluding carboxylic acids is 1. The van der Waals surface area contributed by atoms with Crippen LogP contribution >= 0.6 is 11.6 Å². The maximum absolute atomic E-state index is 12.8. The van der Waals surface area contributed by atoms with E-state index >= 15 is 0 Å². The zero-order chi connectivity index (χ0) is 20.8. The van der Waals surface area contributed by atoms with Crippen LogP contribution in [0.15, 0.2) is 47.4 Å². The molecule has 2 saturated heterocycles. The molecule has 4 atom stereocenters. The highest BCUT2D eigenvalue weighted by Crippen LogP contribution is 2.41. The van der Waals surface area contributed by atoms with Crippen LogP contribution in [0, 0.1) is 12.8 Å². The smallest absolute Gasteiger partial charge is 0.294 e. The Balaban J connectivity index is 1.68. The minimum absolute atomic E-state index is 0.123. The van der Waals surface area contributed by atoms with E-state index in [0.29, 0.717) is 16.5 Å². The number of piperidine rings is 1. The first kappa shape index (κ1) is 20.3. The van der Waals surface area contributed by atoms with E-state index in [2.05, 4.69) is 10.2 Å². The molecule has 2 unspecified atom stereocenters. The molecule has 0 radical (unpaired) electrons. The van der Waals surface area contributed by atoms with Crippen LogP contribution in [0.2, 0.25) is 5.02 Å². The average molecular weight is 435 g/mol. The van der Waals surface area contributed by atoms with E-state index in [4.69, 9.17) is 11.6 Å². The summed E-state index contributed by atoms with van der Waals surface area (Å²) in [5.74, 6) is 0.328. The first-order valence-electron chi connectivity index (χ1n) is 9.61. The summed E-state index contributed by atoms with van der Waals surface area (Å²) in [4.78, 5) is 15.0. The normalized spacial score (nSPS) is 26.3. The molecule has 2 aliphatic rings. The zero-order valence-electron chi connectivity index (χ0n) is 16.0. The van der Waals surface area contributed by atoms with Gasteiger partial charge in [0.05, 0.1) is 10.9 Å². The SMILES string of the molecule is Cc1ccc(S(=O)(=O)O)cc1C1[C@H](NC(=O)c2ccc(Cl)cc2)C[C@H]2CCN1C2. The lowest BCUT2D eigenvalue weighted by molar-refractivity contribution is 0.0843. The standard InChI is InChI=1S/C21H23ClN2O4S/c1-13-2-7-17(29(26,27)28)11-18(13)20-19(10-14-8-9-24(20)12-14)23-21(25)15-3-5-16(22)6-4-15/h2-7,11,14,19-20H,8-10,12H2,1H3,(H,23,25)(H,26,27,28)/t14-,19-,20?/m1/s1. The first-order chi connectivity index (χ1) is 13.7. The molecule has 2 aromatic carbocycles. The summed E-state index contributed by atoms with van der Waals surface area (Å²) < 4.78 is 32.8. The number of carbonyl (C=O) groups is 1. The maximum atomic E-state index is 12.8. The van der Waals surface area contributed by atoms with E-state index in [-0.39, 0.29) is 22.9 Å². The van der Waals surface area contributed by atoms with Crippen LogP contribution in [0.5, 0.6) is 0 Å². The summed E-state index contributed by atoms with van der Waals surface area (Å²) >= 11 is 5.92. The van der Waals surface area contributed by atoms with Crippen molar-refractivity contribution in [3.8, 4) is 0 Å². The van der Waals surface area contributed by atoms with Crippen LogP contribution in [0.3, 0.4) is 0 Å². The van der Waals surface area contributed by atoms with Crippen molar-refractivity contribution in [1.82, 2.24) is 10.2 Å². The first-order valence-corrected chi connectivity index (χ1v) is 11.4. The van der Waals surface area contributed by atoms with Crippen molar-refractivity contribution in [2.45, 2.75) is 36.7 Å². The molecule has 0 spiro atoms. The molecule has 29 heavy (non-hydrogen) atoms. The van der Waals surface area contributed by atoms with Crippen LogP contribution in [0.1, 0.15) is 40.4 Å². The van der Waals surface area contributed by atoms with Crippen molar-refractivity contribution >= 4 is 27.6 Å². The molecule has 2 heterocycles. The Kier molecular flexibility index (Phi) is 5.42. The third kappa shape index (κ3) is 4.19. The topological polar surface area (TPSA) is 86.7 Å². The molecule has 8 heteroatoms. The Morgan fingerprint density at radius 2 is 1.93 bits per heavy atom. The molecule has 2 bridgehead atoms. The van der Waals surface area contributed by atoms with Crippen molar-refractivity contribution in [2.75, 3.05) is 13.1 Å². The quantitative estimate of drug-likeness (QED) is 0.719. The van der Waals surface area contributed by atoms with Crippen molar-refractivity contribution in [1.29, 1.82) is 0 Å². The molecular formula is C21H23ClN2O4S. The van der Waals surface area contributed by atoms with Crippen LogP contribution in [-0.2, 0) is 10.1 Å². The fraction of sp³-hybridized carbons (Fsp3) is 0.381. The molecular weight excluding hydrogens is 412 g/mol. The molecule has 2 aliphatic heterocycles. The molecule has 2 N–H and O–H groups in total. The third-order valence-corrected chi connectivity index (χ3v) is 7.07. The van der Waals surface area contributed by atoms with Crippen molar-refractivity contribution < 1.29 is 17.8 Å². The zero-order valence-corrected chi connectivity index (χ0v) is 17.6. The number of hydrogen-bond donors (Lipinski definition) is 2. The van der Waals surface area contributed by atoms with Crippen LogP contribution in [0.4, 0.5) is 0 Å². The number of aryl methyl sites for hydroxylation is 1. The minimum atomic E-state index is -4.30. The number of halogens is 1. The van der Waals surface area contributed by atoms with Gasteiger partial charge in [0.15, 0.2) is 0 Å². The second kappa shape index (κ2) is 7.72. The Hall–Kier alpha value is -1.93. The van der Waals surface area contributed by atoms with Gasteiger partial charge in [-0.1, -0.05) is 17.7 Å². The van der Waals surface area contributed by atoms with Crippen molar-refractivity contribution in [3.05, 3.63) is 64.2 Å². The average Bonchev–Trinajstić information content (AvgIpc) is 3.04. The lowest BCUT2D eigenvalue weighted by atomic mass is 9.85. The third-order valence-electron chi connectivity index (χ3n) is 5.97. The van der Waals surface area contributed by atoms with Crippen LogP contribution < -0.4 is 5.32 Å². The van der Waals surface area contributed by atoms with Gasteiger partial charge < -0.3 is 5.32 Å². The highest BCUT2D eigenvalue weighted by Gasteiger charge is 2.42. The van der Waals surface area contributed by atoms with E-state index in [9.17, 15) is 17.8 Å². The predicted molar refractivity (Wildman–Crippen MR) is 111 cm³/mol. The number of amides is 1. The monoisotopic (exact) mass is 434 g/mol. The fourth-order valence-electron chi connectivity index (χ4n) is 4.55. The summed E-state index contributed by atoms with van der Waals surface area (Å²) in [6.07, 6.45) is 1.89. The molecule has 2 fully saturated rings.